The number of carbonyl (C=O) groups excluding carboxylic acids is 1. The summed E-state index contributed by atoms with van der Waals surface area (Å²) in [5.41, 5.74) is 3.76. The Morgan fingerprint density at radius 1 is 1.20 bits per heavy atom. The van der Waals surface area contributed by atoms with Crippen LogP contribution < -0.4 is 4.74 Å². The molecule has 0 fully saturated rings. The maximum atomic E-state index is 12.4. The summed E-state index contributed by atoms with van der Waals surface area (Å²) in [7, 11) is 0. The summed E-state index contributed by atoms with van der Waals surface area (Å²) >= 11 is 1.26. The molecule has 1 aliphatic rings. The topological polar surface area (TPSA) is 65.2 Å². The molecule has 0 saturated heterocycles. The van der Waals surface area contributed by atoms with Crippen LogP contribution in [-0.4, -0.2) is 28.3 Å². The van der Waals surface area contributed by atoms with Gasteiger partial charge in [0, 0.05) is 17.5 Å². The van der Waals surface area contributed by atoms with Gasteiger partial charge < -0.3 is 9.15 Å². The Kier molecular flexibility index (Phi) is 4.28. The van der Waals surface area contributed by atoms with Crippen molar-refractivity contribution in [2.24, 2.45) is 0 Å². The van der Waals surface area contributed by atoms with Crippen LogP contribution in [0.3, 0.4) is 0 Å². The van der Waals surface area contributed by atoms with E-state index >= 15 is 0 Å². The highest BCUT2D eigenvalue weighted by Gasteiger charge is 2.17. The summed E-state index contributed by atoms with van der Waals surface area (Å²) in [5, 5.41) is 8.51. The van der Waals surface area contributed by atoms with E-state index in [4.69, 9.17) is 9.15 Å². The predicted octanol–water partition coefficient (Wildman–Crippen LogP) is 3.95. The summed E-state index contributed by atoms with van der Waals surface area (Å²) in [4.78, 5) is 12.4. The van der Waals surface area contributed by atoms with E-state index in [-0.39, 0.29) is 11.5 Å². The van der Waals surface area contributed by atoms with E-state index in [0.29, 0.717) is 23.3 Å². The largest absolute Gasteiger partial charge is 0.493 e. The fraction of sp³-hybridized carbons (Fsp3) is 0.211. The molecule has 25 heavy (non-hydrogen) atoms. The Balaban J connectivity index is 1.43. The lowest BCUT2D eigenvalue weighted by Gasteiger charge is -2.02. The third-order valence-electron chi connectivity index (χ3n) is 4.12. The number of carbonyl (C=O) groups is 1. The zero-order chi connectivity index (χ0) is 17.2. The van der Waals surface area contributed by atoms with Gasteiger partial charge in [-0.15, -0.1) is 10.2 Å². The van der Waals surface area contributed by atoms with Gasteiger partial charge in [0.2, 0.25) is 5.89 Å². The second-order valence-corrected chi connectivity index (χ2v) is 6.75. The second kappa shape index (κ2) is 6.72. The molecule has 2 heterocycles. The summed E-state index contributed by atoms with van der Waals surface area (Å²) in [5.74, 6) is 1.65. The van der Waals surface area contributed by atoms with E-state index in [9.17, 15) is 4.79 Å². The minimum absolute atomic E-state index is 0.0374. The van der Waals surface area contributed by atoms with E-state index < -0.39 is 0 Å². The van der Waals surface area contributed by atoms with Crippen LogP contribution >= 0.6 is 11.8 Å². The van der Waals surface area contributed by atoms with Crippen molar-refractivity contribution in [1.29, 1.82) is 0 Å². The van der Waals surface area contributed by atoms with Crippen molar-refractivity contribution in [2.45, 2.75) is 18.6 Å². The van der Waals surface area contributed by atoms with Crippen LogP contribution in [0.5, 0.6) is 5.75 Å². The minimum Gasteiger partial charge on any atom is -0.493 e. The Hall–Kier alpha value is -2.60. The van der Waals surface area contributed by atoms with Gasteiger partial charge in [0.25, 0.3) is 5.22 Å². The number of rotatable bonds is 5. The fourth-order valence-electron chi connectivity index (χ4n) is 2.76. The number of aromatic nitrogens is 2. The molecule has 0 N–H and O–H groups in total. The van der Waals surface area contributed by atoms with Gasteiger partial charge in [-0.2, -0.15) is 0 Å². The van der Waals surface area contributed by atoms with Crippen LogP contribution in [0.1, 0.15) is 21.5 Å². The number of hydrogen-bond acceptors (Lipinski definition) is 6. The molecule has 0 atom stereocenters. The molecule has 0 amide bonds. The fourth-order valence-corrected chi connectivity index (χ4v) is 3.42. The number of ether oxygens (including phenoxy) is 1. The quantitative estimate of drug-likeness (QED) is 0.512. The lowest BCUT2D eigenvalue weighted by Crippen LogP contribution is -2.02. The number of Topliss-reactive ketones (excluding diaryl/α,β-unsaturated/α-hetero) is 1. The van der Waals surface area contributed by atoms with Gasteiger partial charge in [-0.05, 0) is 42.3 Å². The average Bonchev–Trinajstić information content (AvgIpc) is 3.28. The van der Waals surface area contributed by atoms with Crippen molar-refractivity contribution in [3.05, 3.63) is 59.2 Å². The lowest BCUT2D eigenvalue weighted by molar-refractivity contribution is 0.102. The first kappa shape index (κ1) is 15.9. The monoisotopic (exact) mass is 352 g/mol. The van der Waals surface area contributed by atoms with E-state index in [0.717, 1.165) is 28.9 Å². The van der Waals surface area contributed by atoms with Crippen molar-refractivity contribution in [1.82, 2.24) is 10.2 Å². The molecule has 0 spiro atoms. The highest BCUT2D eigenvalue weighted by atomic mass is 32.2. The molecule has 5 nitrogen and oxygen atoms in total. The molecular formula is C19H16N2O3S. The van der Waals surface area contributed by atoms with Gasteiger partial charge in [-0.1, -0.05) is 30.0 Å². The molecule has 2 aromatic carbocycles. The zero-order valence-corrected chi connectivity index (χ0v) is 14.5. The van der Waals surface area contributed by atoms with Crippen LogP contribution in [0.25, 0.3) is 11.5 Å². The summed E-state index contributed by atoms with van der Waals surface area (Å²) in [6.07, 6.45) is 0.854. The normalized spacial score (nSPS) is 12.7. The average molecular weight is 352 g/mol. The first-order valence-corrected chi connectivity index (χ1v) is 9.00. The summed E-state index contributed by atoms with van der Waals surface area (Å²) < 4.78 is 11.1. The number of aryl methyl sites for hydroxylation is 1. The molecule has 1 aliphatic heterocycles. The van der Waals surface area contributed by atoms with Gasteiger partial charge >= 0.3 is 0 Å². The van der Waals surface area contributed by atoms with Crippen molar-refractivity contribution < 1.29 is 13.9 Å². The van der Waals surface area contributed by atoms with Crippen LogP contribution in [0.2, 0.25) is 0 Å². The Morgan fingerprint density at radius 3 is 2.96 bits per heavy atom. The Labute approximate surface area is 149 Å². The number of hydrogen-bond donors (Lipinski definition) is 0. The first-order chi connectivity index (χ1) is 12.2. The molecule has 3 aromatic rings. The molecule has 6 heteroatoms. The molecule has 0 saturated carbocycles. The molecule has 0 aliphatic carbocycles. The SMILES string of the molecule is Cc1ccccc1-c1nnc(SCC(=O)c2ccc3c(c2)CCO3)o1. The molecule has 0 radical (unpaired) electrons. The van der Waals surface area contributed by atoms with Crippen LogP contribution in [0, 0.1) is 6.92 Å². The van der Waals surface area contributed by atoms with Crippen molar-refractivity contribution in [2.75, 3.05) is 12.4 Å². The molecule has 0 bridgehead atoms. The zero-order valence-electron chi connectivity index (χ0n) is 13.7. The smallest absolute Gasteiger partial charge is 0.277 e. The first-order valence-electron chi connectivity index (χ1n) is 8.02. The van der Waals surface area contributed by atoms with Gasteiger partial charge in [-0.25, -0.2) is 0 Å². The third-order valence-corrected chi connectivity index (χ3v) is 4.94. The highest BCUT2D eigenvalue weighted by Crippen LogP contribution is 2.28. The van der Waals surface area contributed by atoms with E-state index in [1.807, 2.05) is 43.3 Å². The number of thioether (sulfide) groups is 1. The van der Waals surface area contributed by atoms with Crippen LogP contribution in [-0.2, 0) is 6.42 Å². The Morgan fingerprint density at radius 2 is 2.08 bits per heavy atom. The second-order valence-electron chi connectivity index (χ2n) is 5.82. The Bertz CT molecular complexity index is 936. The number of nitrogens with zero attached hydrogens (tertiary/aromatic N) is 2. The van der Waals surface area contributed by atoms with Gasteiger partial charge in [0.1, 0.15) is 5.75 Å². The van der Waals surface area contributed by atoms with E-state index in [2.05, 4.69) is 10.2 Å². The molecule has 1 aromatic heterocycles. The van der Waals surface area contributed by atoms with Crippen LogP contribution in [0.15, 0.2) is 52.1 Å². The maximum Gasteiger partial charge on any atom is 0.277 e. The molecular weight excluding hydrogens is 336 g/mol. The minimum atomic E-state index is 0.0374. The lowest BCUT2D eigenvalue weighted by atomic mass is 10.1. The number of fused-ring (bicyclic) bond motifs is 1. The maximum absolute atomic E-state index is 12.4. The van der Waals surface area contributed by atoms with Crippen molar-refractivity contribution in [3.8, 4) is 17.2 Å². The predicted molar refractivity (Wildman–Crippen MR) is 95.2 cm³/mol. The third kappa shape index (κ3) is 3.30. The van der Waals surface area contributed by atoms with E-state index in [1.54, 1.807) is 6.07 Å². The van der Waals surface area contributed by atoms with Crippen LogP contribution in [0.4, 0.5) is 0 Å². The number of ketones is 1. The summed E-state index contributed by atoms with van der Waals surface area (Å²) in [6, 6.07) is 13.4. The standard InChI is InChI=1S/C19H16N2O3S/c1-12-4-2-3-5-15(12)18-20-21-19(24-18)25-11-16(22)13-6-7-17-14(10-13)8-9-23-17/h2-7,10H,8-9,11H2,1H3. The van der Waals surface area contributed by atoms with Gasteiger partial charge in [0.05, 0.1) is 12.4 Å². The number of benzene rings is 2. The van der Waals surface area contributed by atoms with Crippen molar-refractivity contribution >= 4 is 17.5 Å². The molecule has 0 unspecified atom stereocenters. The molecule has 126 valence electrons. The summed E-state index contributed by atoms with van der Waals surface area (Å²) in [6.45, 7) is 2.68. The molecule has 4 rings (SSSR count). The highest BCUT2D eigenvalue weighted by molar-refractivity contribution is 7.99. The van der Waals surface area contributed by atoms with Gasteiger partial charge in [-0.3, -0.25) is 4.79 Å². The van der Waals surface area contributed by atoms with Gasteiger partial charge in [0.15, 0.2) is 5.78 Å². The van der Waals surface area contributed by atoms with E-state index in [1.165, 1.54) is 11.8 Å². The van der Waals surface area contributed by atoms with Crippen molar-refractivity contribution in [3.63, 3.8) is 0 Å².